The van der Waals surface area contributed by atoms with Gasteiger partial charge in [0, 0.05) is 6.54 Å². The van der Waals surface area contributed by atoms with Gasteiger partial charge in [0.05, 0.1) is 0 Å². The molecule has 1 aromatic rings. The minimum atomic E-state index is 0.847. The topological polar surface area (TPSA) is 38.0 Å². The maximum absolute atomic E-state index is 4.78. The van der Waals surface area contributed by atoms with Crippen LogP contribution in [0.2, 0.25) is 0 Å². The lowest BCUT2D eigenvalue weighted by Crippen LogP contribution is -2.20. The molecule has 1 rings (SSSR count). The Bertz CT molecular complexity index is 158. The largest absolute Gasteiger partial charge is 0.271 e. The summed E-state index contributed by atoms with van der Waals surface area (Å²) in [6, 6.07) is 10.3. The second kappa shape index (κ2) is 7.25. The van der Waals surface area contributed by atoms with Crippen molar-refractivity contribution in [1.82, 2.24) is 5.43 Å². The molecule has 2 nitrogen and oxygen atoms in total. The van der Waals surface area contributed by atoms with Gasteiger partial charge < -0.3 is 0 Å². The van der Waals surface area contributed by atoms with E-state index in [0.29, 0.717) is 0 Å². The van der Waals surface area contributed by atoms with E-state index in [1.54, 1.807) is 0 Å². The number of nitrogens with one attached hydrogen (secondary N) is 1. The van der Waals surface area contributed by atoms with Crippen molar-refractivity contribution in [2.75, 3.05) is 6.54 Å². The van der Waals surface area contributed by atoms with Gasteiger partial charge in [0.1, 0.15) is 0 Å². The van der Waals surface area contributed by atoms with Gasteiger partial charge in [-0.2, -0.15) is 0 Å². The van der Waals surface area contributed by atoms with Crippen LogP contribution in [0.1, 0.15) is 12.5 Å². The highest BCUT2D eigenvalue weighted by atomic mass is 15.2. The number of rotatable bonds is 1. The molecule has 0 saturated heterocycles. The normalized spacial score (nSPS) is 8.27. The van der Waals surface area contributed by atoms with Crippen molar-refractivity contribution >= 4 is 0 Å². The average Bonchev–Trinajstić information content (AvgIpc) is 2.07. The van der Waals surface area contributed by atoms with Crippen LogP contribution in [-0.2, 0) is 0 Å². The molecule has 0 spiro atoms. The summed E-state index contributed by atoms with van der Waals surface area (Å²) in [4.78, 5) is 0. The second-order valence-corrected chi connectivity index (χ2v) is 2.21. The first-order valence-corrected chi connectivity index (χ1v) is 3.76. The summed E-state index contributed by atoms with van der Waals surface area (Å²) in [6.07, 6.45) is 0. The van der Waals surface area contributed by atoms with Crippen LogP contribution in [0.4, 0.5) is 0 Å². The molecule has 0 aliphatic rings. The van der Waals surface area contributed by atoms with Gasteiger partial charge in [0.15, 0.2) is 0 Å². The number of hydrazine groups is 1. The molecule has 0 atom stereocenters. The number of aryl methyl sites for hydroxylation is 1. The molecule has 0 aromatic heterocycles. The van der Waals surface area contributed by atoms with Gasteiger partial charge in [0.25, 0.3) is 0 Å². The highest BCUT2D eigenvalue weighted by Gasteiger charge is 1.72. The monoisotopic (exact) mass is 152 g/mol. The molecular formula is C9H16N2. The zero-order chi connectivity index (χ0) is 8.53. The molecule has 2 heteroatoms. The SMILES string of the molecule is CCNN.Cc1ccccc1. The summed E-state index contributed by atoms with van der Waals surface area (Å²) < 4.78 is 0. The third-order valence-electron chi connectivity index (χ3n) is 1.14. The molecular weight excluding hydrogens is 136 g/mol. The first-order valence-electron chi connectivity index (χ1n) is 3.76. The fourth-order valence-corrected chi connectivity index (χ4v) is 0.534. The highest BCUT2D eigenvalue weighted by Crippen LogP contribution is 1.92. The first-order chi connectivity index (χ1) is 5.31. The molecule has 0 aliphatic carbocycles. The second-order valence-electron chi connectivity index (χ2n) is 2.21. The Morgan fingerprint density at radius 1 is 1.27 bits per heavy atom. The molecule has 0 unspecified atom stereocenters. The van der Waals surface area contributed by atoms with Gasteiger partial charge in [-0.3, -0.25) is 11.3 Å². The van der Waals surface area contributed by atoms with Crippen LogP contribution in [-0.4, -0.2) is 6.54 Å². The summed E-state index contributed by atoms with van der Waals surface area (Å²) in [5, 5.41) is 0. The Balaban J connectivity index is 0.000000218. The Morgan fingerprint density at radius 3 is 1.91 bits per heavy atom. The quantitative estimate of drug-likeness (QED) is 0.472. The van der Waals surface area contributed by atoms with Crippen molar-refractivity contribution in [1.29, 1.82) is 0 Å². The summed E-state index contributed by atoms with van der Waals surface area (Å²) in [7, 11) is 0. The van der Waals surface area contributed by atoms with Crippen LogP contribution in [0.15, 0.2) is 30.3 Å². The lowest BCUT2D eigenvalue weighted by molar-refractivity contribution is 0.781. The minimum absolute atomic E-state index is 0.847. The van der Waals surface area contributed by atoms with Crippen molar-refractivity contribution in [2.24, 2.45) is 5.84 Å². The Hall–Kier alpha value is -0.860. The van der Waals surface area contributed by atoms with Gasteiger partial charge in [-0.25, -0.2) is 0 Å². The van der Waals surface area contributed by atoms with E-state index >= 15 is 0 Å². The van der Waals surface area contributed by atoms with Crippen LogP contribution in [0.25, 0.3) is 0 Å². The summed E-state index contributed by atoms with van der Waals surface area (Å²) in [5.74, 6) is 4.78. The smallest absolute Gasteiger partial charge is 0.00689 e. The Labute approximate surface area is 68.4 Å². The maximum atomic E-state index is 4.78. The molecule has 1 aromatic carbocycles. The molecule has 62 valence electrons. The predicted molar refractivity (Wildman–Crippen MR) is 49.0 cm³/mol. The molecule has 0 heterocycles. The lowest BCUT2D eigenvalue weighted by atomic mass is 10.2. The van der Waals surface area contributed by atoms with Crippen LogP contribution < -0.4 is 11.3 Å². The molecule has 0 radical (unpaired) electrons. The molecule has 0 amide bonds. The molecule has 0 saturated carbocycles. The number of hydrogen-bond acceptors (Lipinski definition) is 2. The fraction of sp³-hybridized carbons (Fsp3) is 0.333. The number of nitrogens with two attached hydrogens (primary N) is 1. The molecule has 0 bridgehead atoms. The summed E-state index contributed by atoms with van der Waals surface area (Å²) >= 11 is 0. The van der Waals surface area contributed by atoms with Gasteiger partial charge in [-0.1, -0.05) is 42.8 Å². The van der Waals surface area contributed by atoms with Crippen molar-refractivity contribution in [2.45, 2.75) is 13.8 Å². The zero-order valence-corrected chi connectivity index (χ0v) is 7.17. The Morgan fingerprint density at radius 2 is 1.73 bits per heavy atom. The van der Waals surface area contributed by atoms with Crippen LogP contribution in [0.3, 0.4) is 0 Å². The Kier molecular flexibility index (Phi) is 6.68. The molecule has 0 aliphatic heterocycles. The van der Waals surface area contributed by atoms with Gasteiger partial charge in [0.2, 0.25) is 0 Å². The molecule has 0 fully saturated rings. The summed E-state index contributed by atoms with van der Waals surface area (Å²) in [6.45, 7) is 4.88. The van der Waals surface area contributed by atoms with Crippen molar-refractivity contribution < 1.29 is 0 Å². The van der Waals surface area contributed by atoms with E-state index in [1.807, 2.05) is 25.1 Å². The van der Waals surface area contributed by atoms with E-state index in [-0.39, 0.29) is 0 Å². The zero-order valence-electron chi connectivity index (χ0n) is 7.17. The number of hydrogen-bond donors (Lipinski definition) is 2. The lowest BCUT2D eigenvalue weighted by Gasteiger charge is -1.82. The van der Waals surface area contributed by atoms with E-state index in [1.165, 1.54) is 5.56 Å². The average molecular weight is 152 g/mol. The molecule has 3 N–H and O–H groups in total. The van der Waals surface area contributed by atoms with E-state index in [0.717, 1.165) is 6.54 Å². The van der Waals surface area contributed by atoms with Gasteiger partial charge >= 0.3 is 0 Å². The summed E-state index contributed by atoms with van der Waals surface area (Å²) in [5.41, 5.74) is 3.75. The third-order valence-corrected chi connectivity index (χ3v) is 1.14. The van der Waals surface area contributed by atoms with E-state index < -0.39 is 0 Å². The van der Waals surface area contributed by atoms with E-state index in [2.05, 4.69) is 24.5 Å². The minimum Gasteiger partial charge on any atom is -0.271 e. The highest BCUT2D eigenvalue weighted by molar-refractivity contribution is 5.11. The molecule has 11 heavy (non-hydrogen) atoms. The van der Waals surface area contributed by atoms with Crippen molar-refractivity contribution in [3.8, 4) is 0 Å². The van der Waals surface area contributed by atoms with Crippen LogP contribution in [0, 0.1) is 6.92 Å². The first kappa shape index (κ1) is 10.1. The van der Waals surface area contributed by atoms with Crippen LogP contribution in [0.5, 0.6) is 0 Å². The van der Waals surface area contributed by atoms with Crippen molar-refractivity contribution in [3.63, 3.8) is 0 Å². The van der Waals surface area contributed by atoms with Gasteiger partial charge in [-0.05, 0) is 6.92 Å². The number of benzene rings is 1. The fourth-order valence-electron chi connectivity index (χ4n) is 0.534. The maximum Gasteiger partial charge on any atom is 0.00689 e. The van der Waals surface area contributed by atoms with Crippen LogP contribution >= 0.6 is 0 Å². The van der Waals surface area contributed by atoms with Crippen molar-refractivity contribution in [3.05, 3.63) is 35.9 Å². The van der Waals surface area contributed by atoms with Gasteiger partial charge in [-0.15, -0.1) is 0 Å². The third kappa shape index (κ3) is 7.03. The van der Waals surface area contributed by atoms with E-state index in [9.17, 15) is 0 Å². The standard InChI is InChI=1S/C7H8.C2H8N2/c1-7-5-3-2-4-6-7;1-2-4-3/h2-6H,1H3;4H,2-3H2,1H3. The predicted octanol–water partition coefficient (Wildman–Crippen LogP) is 1.46. The van der Waals surface area contributed by atoms with E-state index in [4.69, 9.17) is 5.84 Å².